The number of rotatable bonds is 6. The van der Waals surface area contributed by atoms with Gasteiger partial charge in [0.25, 0.3) is 0 Å². The molecular formula is C22H22Cl2N4O4S. The highest BCUT2D eigenvalue weighted by molar-refractivity contribution is 7.89. The van der Waals surface area contributed by atoms with E-state index in [1.165, 1.54) is 24.6 Å². The van der Waals surface area contributed by atoms with Crippen LogP contribution >= 0.6 is 23.2 Å². The third kappa shape index (κ3) is 4.86. The van der Waals surface area contributed by atoms with Gasteiger partial charge in [-0.2, -0.15) is 4.31 Å². The maximum absolute atomic E-state index is 13.3. The summed E-state index contributed by atoms with van der Waals surface area (Å²) in [6.45, 7) is 1.55. The first kappa shape index (κ1) is 23.6. The molecule has 0 amide bonds. The van der Waals surface area contributed by atoms with Crippen LogP contribution in [0.2, 0.25) is 10.0 Å². The first-order valence-electron chi connectivity index (χ1n) is 10.1. The number of ether oxygens (including phenoxy) is 2. The summed E-state index contributed by atoms with van der Waals surface area (Å²) >= 11 is 12.2. The number of sulfonamides is 1. The van der Waals surface area contributed by atoms with Crippen molar-refractivity contribution in [2.24, 2.45) is 0 Å². The van der Waals surface area contributed by atoms with Gasteiger partial charge in [-0.1, -0.05) is 23.2 Å². The molecule has 0 spiro atoms. The van der Waals surface area contributed by atoms with E-state index in [9.17, 15) is 8.42 Å². The molecular weight excluding hydrogens is 487 g/mol. The molecule has 174 valence electrons. The van der Waals surface area contributed by atoms with E-state index in [0.717, 1.165) is 5.56 Å². The molecule has 8 nitrogen and oxygen atoms in total. The lowest BCUT2D eigenvalue weighted by Crippen LogP contribution is -2.49. The van der Waals surface area contributed by atoms with Gasteiger partial charge in [0, 0.05) is 42.8 Å². The van der Waals surface area contributed by atoms with Crippen molar-refractivity contribution in [1.82, 2.24) is 14.5 Å². The molecule has 33 heavy (non-hydrogen) atoms. The Hall–Kier alpha value is -2.59. The van der Waals surface area contributed by atoms with Crippen molar-refractivity contribution >= 4 is 39.0 Å². The zero-order chi connectivity index (χ0) is 23.6. The fraction of sp³-hybridized carbons (Fsp3) is 0.273. The Balaban J connectivity index is 1.48. The SMILES string of the molecule is COc1ccc(OC)c(S(=O)(=O)N2CCN(c3ccc(-c4ccc(Cl)cc4Cl)nn3)CC2)c1. The highest BCUT2D eigenvalue weighted by atomic mass is 35.5. The first-order valence-corrected chi connectivity index (χ1v) is 12.3. The Kier molecular flexibility index (Phi) is 6.94. The molecule has 0 saturated carbocycles. The van der Waals surface area contributed by atoms with E-state index in [1.54, 1.807) is 30.3 Å². The number of benzene rings is 2. The summed E-state index contributed by atoms with van der Waals surface area (Å²) in [5, 5.41) is 9.65. The molecule has 11 heteroatoms. The minimum atomic E-state index is -3.75. The van der Waals surface area contributed by atoms with Gasteiger partial charge in [-0.3, -0.25) is 0 Å². The normalized spacial score (nSPS) is 14.8. The van der Waals surface area contributed by atoms with Crippen LogP contribution in [0.15, 0.2) is 53.4 Å². The molecule has 0 atom stereocenters. The quantitative estimate of drug-likeness (QED) is 0.497. The molecule has 1 fully saturated rings. The number of halogens is 2. The standard InChI is InChI=1S/C22H22Cl2N4O4S/c1-31-16-4-7-20(32-2)21(14-16)33(29,30)28-11-9-27(10-12-28)22-8-6-19(25-26-22)17-5-3-15(23)13-18(17)24/h3-8,13-14H,9-12H2,1-2H3. The highest BCUT2D eigenvalue weighted by Crippen LogP contribution is 2.32. The third-order valence-electron chi connectivity index (χ3n) is 5.41. The molecule has 3 aromatic rings. The molecule has 2 heterocycles. The Morgan fingerprint density at radius 3 is 2.24 bits per heavy atom. The Bertz CT molecular complexity index is 1250. The van der Waals surface area contributed by atoms with Crippen molar-refractivity contribution in [2.75, 3.05) is 45.3 Å². The van der Waals surface area contributed by atoms with Crippen LogP contribution in [0.25, 0.3) is 11.3 Å². The van der Waals surface area contributed by atoms with Crippen molar-refractivity contribution < 1.29 is 17.9 Å². The second-order valence-electron chi connectivity index (χ2n) is 7.31. The predicted octanol–water partition coefficient (Wildman–Crippen LogP) is 3.98. The number of hydrogen-bond donors (Lipinski definition) is 0. The maximum atomic E-state index is 13.3. The van der Waals surface area contributed by atoms with Crippen molar-refractivity contribution in [1.29, 1.82) is 0 Å². The number of methoxy groups -OCH3 is 2. The molecule has 1 aliphatic rings. The summed E-state index contributed by atoms with van der Waals surface area (Å²) in [6.07, 6.45) is 0. The fourth-order valence-corrected chi connectivity index (χ4v) is 5.72. The predicted molar refractivity (Wildman–Crippen MR) is 128 cm³/mol. The summed E-state index contributed by atoms with van der Waals surface area (Å²) in [7, 11) is -0.821. The lowest BCUT2D eigenvalue weighted by molar-refractivity contribution is 0.370. The number of piperazine rings is 1. The van der Waals surface area contributed by atoms with Gasteiger partial charge < -0.3 is 14.4 Å². The van der Waals surface area contributed by atoms with Gasteiger partial charge in [0.2, 0.25) is 10.0 Å². The molecule has 0 radical (unpaired) electrons. The average Bonchev–Trinajstić information content (AvgIpc) is 2.84. The van der Waals surface area contributed by atoms with E-state index in [2.05, 4.69) is 10.2 Å². The number of aromatic nitrogens is 2. The Morgan fingerprint density at radius 2 is 1.64 bits per heavy atom. The van der Waals surface area contributed by atoms with Crippen LogP contribution in [0.3, 0.4) is 0 Å². The monoisotopic (exact) mass is 508 g/mol. The molecule has 0 unspecified atom stereocenters. The van der Waals surface area contributed by atoms with Gasteiger partial charge in [-0.25, -0.2) is 8.42 Å². The van der Waals surface area contributed by atoms with Crippen LogP contribution in [-0.4, -0.2) is 63.3 Å². The number of nitrogens with zero attached hydrogens (tertiary/aromatic N) is 4. The molecule has 1 aliphatic heterocycles. The van der Waals surface area contributed by atoms with E-state index in [1.807, 2.05) is 17.0 Å². The minimum Gasteiger partial charge on any atom is -0.497 e. The van der Waals surface area contributed by atoms with Crippen molar-refractivity contribution in [3.8, 4) is 22.8 Å². The topological polar surface area (TPSA) is 84.9 Å². The minimum absolute atomic E-state index is 0.0850. The van der Waals surface area contributed by atoms with Crippen molar-refractivity contribution in [3.05, 3.63) is 58.6 Å². The average molecular weight is 509 g/mol. The summed E-state index contributed by atoms with van der Waals surface area (Å²) < 4.78 is 38.4. The third-order valence-corrected chi connectivity index (χ3v) is 7.88. The molecule has 4 rings (SSSR count). The van der Waals surface area contributed by atoms with Crippen LogP contribution in [-0.2, 0) is 10.0 Å². The molecule has 2 aromatic carbocycles. The first-order chi connectivity index (χ1) is 15.8. The lowest BCUT2D eigenvalue weighted by Gasteiger charge is -2.34. The molecule has 1 saturated heterocycles. The van der Waals surface area contributed by atoms with Gasteiger partial charge >= 0.3 is 0 Å². The highest BCUT2D eigenvalue weighted by Gasteiger charge is 2.31. The summed E-state index contributed by atoms with van der Waals surface area (Å²) in [6, 6.07) is 13.6. The van der Waals surface area contributed by atoms with Crippen molar-refractivity contribution in [3.63, 3.8) is 0 Å². The van der Waals surface area contributed by atoms with Gasteiger partial charge in [-0.15, -0.1) is 10.2 Å². The summed E-state index contributed by atoms with van der Waals surface area (Å²) in [4.78, 5) is 2.08. The van der Waals surface area contributed by atoms with E-state index in [0.29, 0.717) is 53.5 Å². The van der Waals surface area contributed by atoms with Gasteiger partial charge in [-0.05, 0) is 42.5 Å². The lowest BCUT2D eigenvalue weighted by atomic mass is 10.1. The van der Waals surface area contributed by atoms with Gasteiger partial charge in [0.15, 0.2) is 5.82 Å². The second-order valence-corrected chi connectivity index (χ2v) is 10.1. The zero-order valence-corrected chi connectivity index (χ0v) is 20.4. The van der Waals surface area contributed by atoms with Gasteiger partial charge in [0.05, 0.1) is 24.9 Å². The van der Waals surface area contributed by atoms with Crippen LogP contribution in [0.5, 0.6) is 11.5 Å². The molecule has 1 aromatic heterocycles. The number of anilines is 1. The van der Waals surface area contributed by atoms with Crippen LogP contribution in [0.4, 0.5) is 5.82 Å². The van der Waals surface area contributed by atoms with E-state index >= 15 is 0 Å². The van der Waals surface area contributed by atoms with Crippen molar-refractivity contribution in [2.45, 2.75) is 4.90 Å². The zero-order valence-electron chi connectivity index (χ0n) is 18.0. The van der Waals surface area contributed by atoms with Crippen LogP contribution in [0.1, 0.15) is 0 Å². The largest absolute Gasteiger partial charge is 0.497 e. The Morgan fingerprint density at radius 1 is 0.879 bits per heavy atom. The Labute approximate surface area is 202 Å². The summed E-state index contributed by atoms with van der Waals surface area (Å²) in [5.41, 5.74) is 1.37. The molecule has 0 bridgehead atoms. The van der Waals surface area contributed by atoms with E-state index in [4.69, 9.17) is 32.7 Å². The molecule has 0 aliphatic carbocycles. The summed E-state index contributed by atoms with van der Waals surface area (Å²) in [5.74, 6) is 1.39. The van der Waals surface area contributed by atoms with Gasteiger partial charge in [0.1, 0.15) is 16.4 Å². The smallest absolute Gasteiger partial charge is 0.247 e. The van der Waals surface area contributed by atoms with Crippen LogP contribution < -0.4 is 14.4 Å². The maximum Gasteiger partial charge on any atom is 0.247 e. The molecule has 0 N–H and O–H groups in total. The van der Waals surface area contributed by atoms with Crippen LogP contribution in [0, 0.1) is 0 Å². The van der Waals surface area contributed by atoms with E-state index in [-0.39, 0.29) is 10.6 Å². The number of hydrogen-bond acceptors (Lipinski definition) is 7. The second kappa shape index (κ2) is 9.72. The fourth-order valence-electron chi connectivity index (χ4n) is 3.62. The van der Waals surface area contributed by atoms with E-state index < -0.39 is 10.0 Å².